The largest absolute Gasteiger partial charge is 0.0629 e. The van der Waals surface area contributed by atoms with E-state index in [4.69, 9.17) is 12.3 Å². The predicted octanol–water partition coefficient (Wildman–Crippen LogP) is 6.78. The van der Waals surface area contributed by atoms with Crippen LogP contribution < -0.4 is 0 Å². The minimum Gasteiger partial charge on any atom is -0.0622 e. The quantitative estimate of drug-likeness (QED) is 0.317. The van der Waals surface area contributed by atoms with Crippen molar-refractivity contribution in [2.75, 3.05) is 0 Å². The van der Waals surface area contributed by atoms with E-state index >= 15 is 0 Å². The van der Waals surface area contributed by atoms with Crippen LogP contribution in [0.3, 0.4) is 0 Å². The Labute approximate surface area is 162 Å². The molecular formula is C22H15I. The monoisotopic (exact) mass is 415 g/mol. The molecule has 0 saturated carbocycles. The van der Waals surface area contributed by atoms with E-state index in [-0.39, 0.29) is 28.8 Å². The molecule has 0 aliphatic rings. The molecule has 0 radical (unpaired) electrons. The molecule has 0 nitrogen and oxygen atoms in total. The van der Waals surface area contributed by atoms with Gasteiger partial charge in [-0.2, -0.15) is 0 Å². The van der Waals surface area contributed by atoms with Crippen molar-refractivity contribution >= 4 is 33.4 Å². The lowest BCUT2D eigenvalue weighted by molar-refractivity contribution is 1.60. The highest BCUT2D eigenvalue weighted by molar-refractivity contribution is 14.1. The van der Waals surface area contributed by atoms with Crippen LogP contribution >= 0.6 is 22.6 Å². The Hall–Kier alpha value is -2.13. The van der Waals surface area contributed by atoms with Gasteiger partial charge in [0.25, 0.3) is 0 Å². The molecule has 0 bridgehead atoms. The van der Waals surface area contributed by atoms with Crippen LogP contribution in [0.15, 0.2) is 90.8 Å². The number of hydrogen-bond acceptors (Lipinski definition) is 0. The van der Waals surface area contributed by atoms with Crippen molar-refractivity contribution in [2.24, 2.45) is 0 Å². The standard InChI is InChI=1S/C22H15I/c23-20-14-19-8-4-5-9-21(19)22(15-20)18-12-10-17(11-13-18)16-6-2-1-3-7-16/h1-15H/i1D,2D,3D,6D,7D,10D,11D,12D,13D. The molecule has 0 atom stereocenters. The minimum absolute atomic E-state index is 0.103. The maximum atomic E-state index is 8.65. The van der Waals surface area contributed by atoms with Gasteiger partial charge < -0.3 is 0 Å². The Kier molecular flexibility index (Phi) is 2.05. The van der Waals surface area contributed by atoms with E-state index in [2.05, 4.69) is 22.6 Å². The Morgan fingerprint density at radius 1 is 0.696 bits per heavy atom. The van der Waals surface area contributed by atoms with Gasteiger partial charge in [0.2, 0.25) is 0 Å². The Balaban J connectivity index is 2.12. The third-order valence-corrected chi connectivity index (χ3v) is 4.09. The first-order valence-electron chi connectivity index (χ1n) is 11.4. The molecule has 0 unspecified atom stereocenters. The Morgan fingerprint density at radius 2 is 1.35 bits per heavy atom. The van der Waals surface area contributed by atoms with Gasteiger partial charge in [-0.1, -0.05) is 78.6 Å². The summed E-state index contributed by atoms with van der Waals surface area (Å²) in [7, 11) is 0. The summed E-state index contributed by atoms with van der Waals surface area (Å²) in [6.07, 6.45) is 0. The van der Waals surface area contributed by atoms with Gasteiger partial charge in [-0.25, -0.2) is 0 Å². The Morgan fingerprint density at radius 3 is 2.13 bits per heavy atom. The van der Waals surface area contributed by atoms with Crippen LogP contribution in [0.25, 0.3) is 33.0 Å². The summed E-state index contributed by atoms with van der Waals surface area (Å²) in [5, 5.41) is 1.66. The van der Waals surface area contributed by atoms with E-state index in [0.717, 1.165) is 14.3 Å². The van der Waals surface area contributed by atoms with Crippen molar-refractivity contribution < 1.29 is 12.3 Å². The van der Waals surface area contributed by atoms with Gasteiger partial charge in [0, 0.05) is 3.57 Å². The van der Waals surface area contributed by atoms with Crippen LogP contribution in [-0.4, -0.2) is 0 Å². The SMILES string of the molecule is [2H]c1c([2H])c([2H])c(-c2c([2H])c([2H])c(-c3cc(I)cc4ccccc34)c([2H])c2[2H])c([2H])c1[2H]. The van der Waals surface area contributed by atoms with Gasteiger partial charge in [-0.05, 0) is 67.7 Å². The van der Waals surface area contributed by atoms with Crippen LogP contribution in [0.2, 0.25) is 0 Å². The fourth-order valence-electron chi connectivity index (χ4n) is 2.43. The van der Waals surface area contributed by atoms with Crippen molar-refractivity contribution in [3.05, 3.63) is 94.4 Å². The molecule has 1 heteroatoms. The molecule has 0 saturated heterocycles. The van der Waals surface area contributed by atoms with Gasteiger partial charge in [0.15, 0.2) is 0 Å². The average Bonchev–Trinajstić information content (AvgIpc) is 2.77. The maximum Gasteiger partial charge on any atom is 0.0629 e. The molecule has 4 aromatic rings. The number of benzene rings is 4. The topological polar surface area (TPSA) is 0 Å². The van der Waals surface area contributed by atoms with Crippen LogP contribution in [-0.2, 0) is 0 Å². The summed E-state index contributed by atoms with van der Waals surface area (Å²) in [4.78, 5) is 0. The fraction of sp³-hybridized carbons (Fsp3) is 0. The first kappa shape index (κ1) is 7.63. The lowest BCUT2D eigenvalue weighted by Crippen LogP contribution is -1.84. The van der Waals surface area contributed by atoms with E-state index < -0.39 is 42.3 Å². The van der Waals surface area contributed by atoms with Gasteiger partial charge in [0.1, 0.15) is 0 Å². The zero-order valence-corrected chi connectivity index (χ0v) is 14.0. The molecule has 0 amide bonds. The molecule has 0 N–H and O–H groups in total. The lowest BCUT2D eigenvalue weighted by Gasteiger charge is -2.09. The average molecular weight is 415 g/mol. The zero-order chi connectivity index (χ0) is 23.5. The fourth-order valence-corrected chi connectivity index (χ4v) is 3.07. The molecule has 0 heterocycles. The summed E-state index contributed by atoms with van der Waals surface area (Å²) >= 11 is 2.13. The third-order valence-electron chi connectivity index (χ3n) is 3.47. The normalized spacial score (nSPS) is 16.3. The van der Waals surface area contributed by atoms with Crippen molar-refractivity contribution in [1.29, 1.82) is 0 Å². The third kappa shape index (κ3) is 2.89. The molecule has 4 aromatic carbocycles. The van der Waals surface area contributed by atoms with Crippen LogP contribution in [0.1, 0.15) is 12.3 Å². The summed E-state index contributed by atoms with van der Waals surface area (Å²) in [5.74, 6) is 0. The van der Waals surface area contributed by atoms with E-state index in [1.165, 1.54) is 0 Å². The van der Waals surface area contributed by atoms with Crippen molar-refractivity contribution in [3.8, 4) is 22.3 Å². The highest BCUT2D eigenvalue weighted by atomic mass is 127. The number of halogens is 1. The van der Waals surface area contributed by atoms with Gasteiger partial charge >= 0.3 is 0 Å². The van der Waals surface area contributed by atoms with Crippen molar-refractivity contribution in [1.82, 2.24) is 0 Å². The summed E-state index contributed by atoms with van der Waals surface area (Å²) in [5.41, 5.74) is -0.00863. The summed E-state index contributed by atoms with van der Waals surface area (Å²) in [6.45, 7) is 0. The highest BCUT2D eigenvalue weighted by Crippen LogP contribution is 2.32. The molecule has 0 aliphatic carbocycles. The molecule has 23 heavy (non-hydrogen) atoms. The van der Waals surface area contributed by atoms with E-state index in [0.29, 0.717) is 5.56 Å². The lowest BCUT2D eigenvalue weighted by atomic mass is 9.96. The Bertz CT molecular complexity index is 1370. The number of fused-ring (bicyclic) bond motifs is 1. The second-order valence-corrected chi connectivity index (χ2v) is 6.17. The van der Waals surface area contributed by atoms with Crippen molar-refractivity contribution in [3.63, 3.8) is 0 Å². The second kappa shape index (κ2) is 6.17. The molecule has 0 fully saturated rings. The van der Waals surface area contributed by atoms with Gasteiger partial charge in [-0.15, -0.1) is 0 Å². The van der Waals surface area contributed by atoms with E-state index in [1.807, 2.05) is 30.3 Å². The molecule has 4 rings (SSSR count). The molecular weight excluding hydrogens is 391 g/mol. The molecule has 0 spiro atoms. The molecule has 110 valence electrons. The van der Waals surface area contributed by atoms with Crippen LogP contribution in [0, 0.1) is 3.57 Å². The minimum atomic E-state index is -0.592. The smallest absolute Gasteiger partial charge is 0.0622 e. The maximum absolute atomic E-state index is 8.65. The molecule has 0 aliphatic heterocycles. The van der Waals surface area contributed by atoms with Gasteiger partial charge in [-0.3, -0.25) is 0 Å². The zero-order valence-electron chi connectivity index (χ0n) is 20.8. The number of rotatable bonds is 2. The summed E-state index contributed by atoms with van der Waals surface area (Å²) < 4.78 is 75.3. The summed E-state index contributed by atoms with van der Waals surface area (Å²) in [6, 6.07) is 6.72. The predicted molar refractivity (Wildman–Crippen MR) is 108 cm³/mol. The second-order valence-electron chi connectivity index (χ2n) is 4.92. The first-order chi connectivity index (χ1) is 15.1. The van der Waals surface area contributed by atoms with Crippen LogP contribution in [0.5, 0.6) is 0 Å². The molecule has 0 aromatic heterocycles. The first-order valence-corrected chi connectivity index (χ1v) is 8.00. The van der Waals surface area contributed by atoms with Gasteiger partial charge in [0.05, 0.1) is 12.3 Å². The van der Waals surface area contributed by atoms with Crippen molar-refractivity contribution in [2.45, 2.75) is 0 Å². The van der Waals surface area contributed by atoms with Crippen LogP contribution in [0.4, 0.5) is 0 Å². The van der Waals surface area contributed by atoms with E-state index in [1.54, 1.807) is 6.07 Å². The number of hydrogen-bond donors (Lipinski definition) is 0. The van der Waals surface area contributed by atoms with E-state index in [9.17, 15) is 0 Å². The highest BCUT2D eigenvalue weighted by Gasteiger charge is 2.06.